The van der Waals surface area contributed by atoms with E-state index in [1.807, 2.05) is 12.1 Å². The Hall–Kier alpha value is -2.28. The molecule has 1 aliphatic carbocycles. The number of hydrogen-bond acceptors (Lipinski definition) is 1. The molecule has 0 aliphatic heterocycles. The highest BCUT2D eigenvalue weighted by atomic mass is 16.5. The van der Waals surface area contributed by atoms with Crippen LogP contribution in [0.3, 0.4) is 0 Å². The summed E-state index contributed by atoms with van der Waals surface area (Å²) in [5.41, 5.74) is 5.93. The molecule has 88 valence electrons. The first-order chi connectivity index (χ1) is 8.79. The summed E-state index contributed by atoms with van der Waals surface area (Å²) in [5.74, 6) is 0.875. The largest absolute Gasteiger partial charge is 0.497 e. The van der Waals surface area contributed by atoms with Crippen molar-refractivity contribution in [1.29, 1.82) is 0 Å². The highest BCUT2D eigenvalue weighted by molar-refractivity contribution is 6.16. The van der Waals surface area contributed by atoms with Crippen molar-refractivity contribution in [3.8, 4) is 5.75 Å². The minimum absolute atomic E-state index is 0.875. The van der Waals surface area contributed by atoms with E-state index in [1.165, 1.54) is 22.3 Å². The predicted octanol–water partition coefficient (Wildman–Crippen LogP) is 4.26. The average Bonchev–Trinajstić information content (AvgIpc) is 2.77. The summed E-state index contributed by atoms with van der Waals surface area (Å²) in [7, 11) is 1.68. The van der Waals surface area contributed by atoms with Crippen LogP contribution in [0.2, 0.25) is 0 Å². The Morgan fingerprint density at radius 2 is 1.67 bits per heavy atom. The fourth-order valence-electron chi connectivity index (χ4n) is 2.31. The van der Waals surface area contributed by atoms with Gasteiger partial charge in [-0.1, -0.05) is 43.0 Å². The normalized spacial score (nSPS) is 13.2. The van der Waals surface area contributed by atoms with Crippen molar-refractivity contribution >= 4 is 17.2 Å². The van der Waals surface area contributed by atoms with E-state index >= 15 is 0 Å². The Morgan fingerprint density at radius 1 is 0.944 bits per heavy atom. The molecule has 0 bridgehead atoms. The summed E-state index contributed by atoms with van der Waals surface area (Å²) in [6.07, 6.45) is 2.19. The molecule has 0 unspecified atom stereocenters. The molecule has 3 rings (SSSR count). The average molecular weight is 234 g/mol. The van der Waals surface area contributed by atoms with Crippen LogP contribution in [0.1, 0.15) is 16.7 Å². The number of benzene rings is 2. The summed E-state index contributed by atoms with van der Waals surface area (Å²) in [6.45, 7) is 4.20. The van der Waals surface area contributed by atoms with E-state index in [0.717, 1.165) is 11.3 Å². The van der Waals surface area contributed by atoms with Crippen molar-refractivity contribution in [1.82, 2.24) is 0 Å². The second kappa shape index (κ2) is 4.19. The molecule has 0 atom stereocenters. The molecule has 0 heterocycles. The van der Waals surface area contributed by atoms with Crippen LogP contribution >= 0.6 is 0 Å². The second-order valence-corrected chi connectivity index (χ2v) is 4.35. The zero-order chi connectivity index (χ0) is 12.5. The number of fused-ring (bicyclic) bond motifs is 1. The fraction of sp³-hybridized carbons (Fsp3) is 0.0588. The van der Waals surface area contributed by atoms with Crippen molar-refractivity contribution in [2.45, 2.75) is 0 Å². The minimum Gasteiger partial charge on any atom is -0.497 e. The van der Waals surface area contributed by atoms with Crippen molar-refractivity contribution in [2.75, 3.05) is 7.11 Å². The first-order valence-electron chi connectivity index (χ1n) is 5.94. The van der Waals surface area contributed by atoms with Crippen molar-refractivity contribution in [3.63, 3.8) is 0 Å². The molecule has 2 aromatic carbocycles. The Kier molecular flexibility index (Phi) is 2.52. The lowest BCUT2D eigenvalue weighted by Crippen LogP contribution is -1.86. The highest BCUT2D eigenvalue weighted by Crippen LogP contribution is 2.39. The molecule has 2 aromatic rings. The van der Waals surface area contributed by atoms with E-state index in [0.29, 0.717) is 0 Å². The number of ether oxygens (including phenoxy) is 1. The van der Waals surface area contributed by atoms with Gasteiger partial charge in [-0.3, -0.25) is 0 Å². The van der Waals surface area contributed by atoms with Gasteiger partial charge in [-0.05, 0) is 46.0 Å². The molecular formula is C17H14O. The lowest BCUT2D eigenvalue weighted by atomic mass is 9.99. The summed E-state index contributed by atoms with van der Waals surface area (Å²) < 4.78 is 5.18. The monoisotopic (exact) mass is 234 g/mol. The molecule has 0 aromatic heterocycles. The van der Waals surface area contributed by atoms with Crippen LogP contribution in [0.5, 0.6) is 5.75 Å². The number of hydrogen-bond donors (Lipinski definition) is 0. The van der Waals surface area contributed by atoms with E-state index < -0.39 is 0 Å². The smallest absolute Gasteiger partial charge is 0.118 e. The molecule has 0 N–H and O–H groups in total. The van der Waals surface area contributed by atoms with Gasteiger partial charge in [0.05, 0.1) is 7.11 Å². The zero-order valence-electron chi connectivity index (χ0n) is 10.3. The molecule has 1 aliphatic rings. The van der Waals surface area contributed by atoms with Gasteiger partial charge in [0.1, 0.15) is 5.75 Å². The molecule has 0 amide bonds. The van der Waals surface area contributed by atoms with Gasteiger partial charge < -0.3 is 4.74 Å². The summed E-state index contributed by atoms with van der Waals surface area (Å²) in [4.78, 5) is 0. The maximum atomic E-state index is 5.18. The standard InChI is InChI=1S/C17H14O/c1-12-16-6-4-3-5-14(16)11-17(12)13-7-9-15(18-2)10-8-13/h3-11H,1H2,2H3. The van der Waals surface area contributed by atoms with Crippen LogP contribution < -0.4 is 4.74 Å². The SMILES string of the molecule is C=C1C(c2ccc(OC)cc2)=Cc2ccccc21. The molecule has 0 saturated carbocycles. The van der Waals surface area contributed by atoms with Crippen molar-refractivity contribution < 1.29 is 4.74 Å². The molecule has 0 radical (unpaired) electrons. The minimum atomic E-state index is 0.875. The van der Waals surface area contributed by atoms with Crippen LogP contribution in [0.4, 0.5) is 0 Å². The first kappa shape index (κ1) is 10.8. The second-order valence-electron chi connectivity index (χ2n) is 4.35. The van der Waals surface area contributed by atoms with Gasteiger partial charge in [0, 0.05) is 0 Å². The predicted molar refractivity (Wildman–Crippen MR) is 76.3 cm³/mol. The van der Waals surface area contributed by atoms with E-state index in [1.54, 1.807) is 7.11 Å². The quantitative estimate of drug-likeness (QED) is 0.754. The van der Waals surface area contributed by atoms with Crippen LogP contribution in [-0.4, -0.2) is 7.11 Å². The van der Waals surface area contributed by atoms with Crippen LogP contribution in [0.15, 0.2) is 55.1 Å². The van der Waals surface area contributed by atoms with Gasteiger partial charge >= 0.3 is 0 Å². The van der Waals surface area contributed by atoms with Gasteiger partial charge in [0.2, 0.25) is 0 Å². The molecule has 1 heteroatoms. The van der Waals surface area contributed by atoms with E-state index in [-0.39, 0.29) is 0 Å². The van der Waals surface area contributed by atoms with Crippen LogP contribution in [0, 0.1) is 0 Å². The maximum absolute atomic E-state index is 5.18. The van der Waals surface area contributed by atoms with Gasteiger partial charge in [-0.15, -0.1) is 0 Å². The van der Waals surface area contributed by atoms with Crippen LogP contribution in [-0.2, 0) is 0 Å². The Morgan fingerprint density at radius 3 is 2.33 bits per heavy atom. The van der Waals surface area contributed by atoms with Gasteiger partial charge in [0.25, 0.3) is 0 Å². The highest BCUT2D eigenvalue weighted by Gasteiger charge is 2.17. The van der Waals surface area contributed by atoms with Crippen molar-refractivity contribution in [2.24, 2.45) is 0 Å². The summed E-state index contributed by atoms with van der Waals surface area (Å²) in [5, 5.41) is 0. The molecule has 0 spiro atoms. The topological polar surface area (TPSA) is 9.23 Å². The Labute approximate surface area is 107 Å². The third kappa shape index (κ3) is 1.65. The molecular weight excluding hydrogens is 220 g/mol. The van der Waals surface area contributed by atoms with Crippen molar-refractivity contribution in [3.05, 3.63) is 71.8 Å². The zero-order valence-corrected chi connectivity index (χ0v) is 10.3. The summed E-state index contributed by atoms with van der Waals surface area (Å²) >= 11 is 0. The lowest BCUT2D eigenvalue weighted by molar-refractivity contribution is 0.415. The molecule has 1 nitrogen and oxygen atoms in total. The first-order valence-corrected chi connectivity index (χ1v) is 5.94. The Balaban J connectivity index is 2.02. The third-order valence-electron chi connectivity index (χ3n) is 3.31. The van der Waals surface area contributed by atoms with E-state index in [9.17, 15) is 0 Å². The number of allylic oxidation sites excluding steroid dienone is 2. The fourth-order valence-corrected chi connectivity index (χ4v) is 2.31. The number of methoxy groups -OCH3 is 1. The lowest BCUT2D eigenvalue weighted by Gasteiger charge is -2.06. The van der Waals surface area contributed by atoms with Gasteiger partial charge in [-0.2, -0.15) is 0 Å². The number of rotatable bonds is 2. The maximum Gasteiger partial charge on any atom is 0.118 e. The van der Waals surface area contributed by atoms with E-state index in [2.05, 4.69) is 49.1 Å². The van der Waals surface area contributed by atoms with E-state index in [4.69, 9.17) is 4.74 Å². The third-order valence-corrected chi connectivity index (χ3v) is 3.31. The summed E-state index contributed by atoms with van der Waals surface area (Å²) in [6, 6.07) is 16.4. The molecule has 0 saturated heterocycles. The van der Waals surface area contributed by atoms with Crippen LogP contribution in [0.25, 0.3) is 17.2 Å². The Bertz CT molecular complexity index is 633. The van der Waals surface area contributed by atoms with Gasteiger partial charge in [-0.25, -0.2) is 0 Å². The molecule has 18 heavy (non-hydrogen) atoms. The van der Waals surface area contributed by atoms with Gasteiger partial charge in [0.15, 0.2) is 0 Å². The molecule has 0 fully saturated rings.